The first-order valence-corrected chi connectivity index (χ1v) is 11.9. The van der Waals surface area contributed by atoms with Gasteiger partial charge < -0.3 is 14.5 Å². The van der Waals surface area contributed by atoms with E-state index in [1.54, 1.807) is 15.9 Å². The highest BCUT2D eigenvalue weighted by Gasteiger charge is 2.59. The molecule has 174 valence electrons. The van der Waals surface area contributed by atoms with Crippen LogP contribution in [0.4, 0.5) is 4.39 Å². The molecular weight excluding hydrogens is 455 g/mol. The minimum atomic E-state index is -1.07. The molecular formula is C27H24ClFN2O3. The summed E-state index contributed by atoms with van der Waals surface area (Å²) in [5, 5.41) is 0. The first-order valence-electron chi connectivity index (χ1n) is 11.4. The van der Waals surface area contributed by atoms with Gasteiger partial charge in [-0.15, -0.1) is 11.6 Å². The maximum atomic E-state index is 13.7. The fourth-order valence-corrected chi connectivity index (χ4v) is 5.15. The lowest BCUT2D eigenvalue weighted by atomic mass is 9.89. The molecule has 1 unspecified atom stereocenters. The van der Waals surface area contributed by atoms with Crippen LogP contribution in [-0.2, 0) is 5.66 Å². The number of hydrogen-bond acceptors (Lipinski definition) is 3. The van der Waals surface area contributed by atoms with E-state index < -0.39 is 11.5 Å². The van der Waals surface area contributed by atoms with Crippen LogP contribution < -0.4 is 4.74 Å². The summed E-state index contributed by atoms with van der Waals surface area (Å²) in [6.45, 7) is 1.34. The highest BCUT2D eigenvalue weighted by Crippen LogP contribution is 2.50. The Morgan fingerprint density at radius 3 is 2.44 bits per heavy atom. The SMILES string of the molecule is O=C(c1ccc(F)cc1)N1CCN2C(=O)c3ccccc3C12c1ccc(OCCCCCl)cc1. The molecule has 5 rings (SSSR count). The number of rotatable bonds is 7. The lowest BCUT2D eigenvalue weighted by Gasteiger charge is -2.40. The smallest absolute Gasteiger partial charge is 0.256 e. The molecule has 0 bridgehead atoms. The molecule has 0 aliphatic carbocycles. The number of unbranched alkanes of at least 4 members (excludes halogenated alkanes) is 1. The number of carbonyl (C=O) groups is 2. The summed E-state index contributed by atoms with van der Waals surface area (Å²) >= 11 is 5.73. The number of alkyl halides is 1. The Morgan fingerprint density at radius 2 is 1.71 bits per heavy atom. The van der Waals surface area contributed by atoms with Crippen molar-refractivity contribution in [2.24, 2.45) is 0 Å². The molecule has 3 aromatic carbocycles. The van der Waals surface area contributed by atoms with Gasteiger partial charge in [0.05, 0.1) is 6.61 Å². The van der Waals surface area contributed by atoms with Gasteiger partial charge in [-0.2, -0.15) is 0 Å². The van der Waals surface area contributed by atoms with Crippen LogP contribution in [0.15, 0.2) is 72.8 Å². The lowest BCUT2D eigenvalue weighted by molar-refractivity contribution is 0.0375. The first-order chi connectivity index (χ1) is 16.6. The second-order valence-corrected chi connectivity index (χ2v) is 8.79. The van der Waals surface area contributed by atoms with E-state index in [4.69, 9.17) is 16.3 Å². The van der Waals surface area contributed by atoms with Crippen LogP contribution in [0.2, 0.25) is 0 Å². The first kappa shape index (κ1) is 22.4. The van der Waals surface area contributed by atoms with Gasteiger partial charge in [-0.1, -0.05) is 30.3 Å². The number of carbonyl (C=O) groups excluding carboxylic acids is 2. The zero-order valence-corrected chi connectivity index (χ0v) is 19.3. The molecule has 1 fully saturated rings. The molecule has 1 saturated heterocycles. The minimum absolute atomic E-state index is 0.105. The van der Waals surface area contributed by atoms with Crippen molar-refractivity contribution in [3.8, 4) is 5.75 Å². The molecule has 1 atom stereocenters. The van der Waals surface area contributed by atoms with Crippen molar-refractivity contribution in [3.63, 3.8) is 0 Å². The third kappa shape index (κ3) is 3.53. The number of amides is 2. The van der Waals surface area contributed by atoms with Crippen molar-refractivity contribution in [2.45, 2.75) is 18.5 Å². The maximum Gasteiger partial charge on any atom is 0.256 e. The highest BCUT2D eigenvalue weighted by atomic mass is 35.5. The molecule has 2 aliphatic heterocycles. The summed E-state index contributed by atoms with van der Waals surface area (Å²) in [5.74, 6) is 0.553. The maximum absolute atomic E-state index is 13.7. The van der Waals surface area contributed by atoms with Crippen LogP contribution in [-0.4, -0.2) is 47.2 Å². The van der Waals surface area contributed by atoms with E-state index in [9.17, 15) is 14.0 Å². The molecule has 2 aliphatic rings. The van der Waals surface area contributed by atoms with Gasteiger partial charge in [-0.25, -0.2) is 4.39 Å². The van der Waals surface area contributed by atoms with Gasteiger partial charge in [0.2, 0.25) is 0 Å². The van der Waals surface area contributed by atoms with Crippen molar-refractivity contribution in [3.05, 3.63) is 101 Å². The molecule has 0 radical (unpaired) electrons. The Kier molecular flexibility index (Phi) is 6.00. The third-order valence-electron chi connectivity index (χ3n) is 6.50. The predicted molar refractivity (Wildman–Crippen MR) is 128 cm³/mol. The monoisotopic (exact) mass is 478 g/mol. The molecule has 5 nitrogen and oxygen atoms in total. The average molecular weight is 479 g/mol. The van der Waals surface area contributed by atoms with Gasteiger partial charge in [0.15, 0.2) is 5.66 Å². The van der Waals surface area contributed by atoms with E-state index >= 15 is 0 Å². The quantitative estimate of drug-likeness (QED) is 0.353. The van der Waals surface area contributed by atoms with Crippen LogP contribution in [0.5, 0.6) is 5.75 Å². The summed E-state index contributed by atoms with van der Waals surface area (Å²) < 4.78 is 19.3. The van der Waals surface area contributed by atoms with E-state index in [1.165, 1.54) is 24.3 Å². The number of ether oxygens (including phenoxy) is 1. The molecule has 0 saturated carbocycles. The van der Waals surface area contributed by atoms with Gasteiger partial charge in [0.25, 0.3) is 11.8 Å². The van der Waals surface area contributed by atoms with Crippen LogP contribution in [0.1, 0.15) is 44.7 Å². The average Bonchev–Trinajstić information content (AvgIpc) is 3.38. The summed E-state index contributed by atoms with van der Waals surface area (Å²) in [7, 11) is 0. The Morgan fingerprint density at radius 1 is 0.971 bits per heavy atom. The summed E-state index contributed by atoms with van der Waals surface area (Å²) in [5.41, 5.74) is 1.45. The number of halogens is 2. The van der Waals surface area contributed by atoms with Gasteiger partial charge in [0, 0.05) is 41.2 Å². The third-order valence-corrected chi connectivity index (χ3v) is 6.76. The largest absolute Gasteiger partial charge is 0.494 e. The Labute approximate surface area is 202 Å². The van der Waals surface area contributed by atoms with Crippen LogP contribution in [0.3, 0.4) is 0 Å². The molecule has 2 amide bonds. The second-order valence-electron chi connectivity index (χ2n) is 8.41. The van der Waals surface area contributed by atoms with Gasteiger partial charge in [0.1, 0.15) is 11.6 Å². The lowest BCUT2D eigenvalue weighted by Crippen LogP contribution is -2.51. The summed E-state index contributed by atoms with van der Waals surface area (Å²) in [4.78, 5) is 30.6. The summed E-state index contributed by atoms with van der Waals surface area (Å²) in [6.07, 6.45) is 1.75. The van der Waals surface area contributed by atoms with E-state index in [0.717, 1.165) is 24.0 Å². The van der Waals surface area contributed by atoms with Crippen molar-refractivity contribution < 1.29 is 18.7 Å². The number of hydrogen-bond donors (Lipinski definition) is 0. The second kappa shape index (κ2) is 9.11. The minimum Gasteiger partial charge on any atom is -0.494 e. The van der Waals surface area contributed by atoms with E-state index in [-0.39, 0.29) is 11.8 Å². The standard InChI is InChI=1S/C27H24ClFN2O3/c28-15-3-4-18-34-22-13-9-20(10-14-22)27-24-6-2-1-5-23(24)26(33)31(27)17-16-30(27)25(32)19-7-11-21(29)12-8-19/h1-2,5-14H,3-4,15-18H2. The van der Waals surface area contributed by atoms with E-state index in [1.807, 2.05) is 42.5 Å². The highest BCUT2D eigenvalue weighted by molar-refractivity contribution is 6.17. The fourth-order valence-electron chi connectivity index (χ4n) is 4.96. The normalized spacial score (nSPS) is 18.7. The zero-order valence-electron chi connectivity index (χ0n) is 18.5. The van der Waals surface area contributed by atoms with Gasteiger partial charge in [-0.05, 0) is 55.3 Å². The van der Waals surface area contributed by atoms with Crippen molar-refractivity contribution >= 4 is 23.4 Å². The van der Waals surface area contributed by atoms with E-state index in [2.05, 4.69) is 0 Å². The number of fused-ring (bicyclic) bond motifs is 3. The Hall–Kier alpha value is -3.38. The molecule has 0 aromatic heterocycles. The topological polar surface area (TPSA) is 49.9 Å². The predicted octanol–water partition coefficient (Wildman–Crippen LogP) is 5.04. The van der Waals surface area contributed by atoms with Crippen LogP contribution >= 0.6 is 11.6 Å². The Balaban J connectivity index is 1.57. The molecule has 0 spiro atoms. The van der Waals surface area contributed by atoms with Gasteiger partial charge in [-0.3, -0.25) is 9.59 Å². The van der Waals surface area contributed by atoms with E-state index in [0.29, 0.717) is 42.5 Å². The molecule has 3 aromatic rings. The van der Waals surface area contributed by atoms with Crippen LogP contribution in [0, 0.1) is 5.82 Å². The molecule has 7 heteroatoms. The van der Waals surface area contributed by atoms with Crippen LogP contribution in [0.25, 0.3) is 0 Å². The summed E-state index contributed by atoms with van der Waals surface area (Å²) in [6, 6.07) is 20.5. The molecule has 2 heterocycles. The zero-order chi connectivity index (χ0) is 23.7. The Bertz CT molecular complexity index is 1220. The fraction of sp³-hybridized carbons (Fsp3) is 0.259. The molecule has 34 heavy (non-hydrogen) atoms. The van der Waals surface area contributed by atoms with Crippen molar-refractivity contribution in [1.29, 1.82) is 0 Å². The number of benzene rings is 3. The van der Waals surface area contributed by atoms with Gasteiger partial charge >= 0.3 is 0 Å². The molecule has 0 N–H and O–H groups in total. The van der Waals surface area contributed by atoms with Crippen molar-refractivity contribution in [2.75, 3.05) is 25.6 Å². The van der Waals surface area contributed by atoms with Crippen molar-refractivity contribution in [1.82, 2.24) is 9.80 Å². The number of nitrogens with zero attached hydrogens (tertiary/aromatic N) is 2.